The number of nitro groups is 1. The number of anilines is 2. The number of nitrogens with one attached hydrogen (secondary N) is 2. The molecule has 1 aromatic heterocycles. The molecular formula is C12H19N5O2. The summed E-state index contributed by atoms with van der Waals surface area (Å²) in [6.45, 7) is 5.01. The van der Waals surface area contributed by atoms with Crippen molar-refractivity contribution in [2.24, 2.45) is 5.41 Å². The van der Waals surface area contributed by atoms with Gasteiger partial charge in [0.05, 0.1) is 4.92 Å². The zero-order valence-electron chi connectivity index (χ0n) is 11.0. The van der Waals surface area contributed by atoms with Gasteiger partial charge in [0.2, 0.25) is 5.82 Å². The summed E-state index contributed by atoms with van der Waals surface area (Å²) >= 11 is 0. The monoisotopic (exact) mass is 265 g/mol. The molecule has 2 heterocycles. The van der Waals surface area contributed by atoms with Crippen LogP contribution in [0.5, 0.6) is 0 Å². The molecule has 0 radical (unpaired) electrons. The van der Waals surface area contributed by atoms with Crippen LogP contribution in [0, 0.1) is 15.5 Å². The van der Waals surface area contributed by atoms with Crippen molar-refractivity contribution in [3.05, 3.63) is 22.2 Å². The van der Waals surface area contributed by atoms with Gasteiger partial charge in [-0.25, -0.2) is 4.98 Å². The molecule has 0 saturated carbocycles. The summed E-state index contributed by atoms with van der Waals surface area (Å²) in [7, 11) is 0. The van der Waals surface area contributed by atoms with Gasteiger partial charge in [-0.05, 0) is 30.9 Å². The highest BCUT2D eigenvalue weighted by molar-refractivity contribution is 5.57. The number of piperidine rings is 1. The summed E-state index contributed by atoms with van der Waals surface area (Å²) in [6, 6.07) is 2.97. The van der Waals surface area contributed by atoms with E-state index >= 15 is 0 Å². The molecular weight excluding hydrogens is 246 g/mol. The van der Waals surface area contributed by atoms with Crippen LogP contribution in [-0.4, -0.2) is 29.5 Å². The van der Waals surface area contributed by atoms with E-state index in [1.165, 1.54) is 6.07 Å². The number of nitrogens with zero attached hydrogens (tertiary/aromatic N) is 2. The molecule has 7 heteroatoms. The lowest BCUT2D eigenvalue weighted by atomic mass is 9.83. The first-order valence-corrected chi connectivity index (χ1v) is 6.36. The van der Waals surface area contributed by atoms with E-state index in [0.29, 0.717) is 5.82 Å². The molecule has 1 fully saturated rings. The predicted octanol–water partition coefficient (Wildman–Crippen LogP) is 1.37. The molecule has 0 aromatic carbocycles. The van der Waals surface area contributed by atoms with Crippen molar-refractivity contribution in [1.82, 2.24) is 10.3 Å². The van der Waals surface area contributed by atoms with E-state index in [4.69, 9.17) is 5.73 Å². The first-order chi connectivity index (χ1) is 9.00. The van der Waals surface area contributed by atoms with Gasteiger partial charge in [0.15, 0.2) is 0 Å². The fourth-order valence-electron chi connectivity index (χ4n) is 2.29. The molecule has 4 N–H and O–H groups in total. The van der Waals surface area contributed by atoms with E-state index in [1.54, 1.807) is 6.07 Å². The van der Waals surface area contributed by atoms with Gasteiger partial charge in [-0.2, -0.15) is 0 Å². The van der Waals surface area contributed by atoms with Crippen molar-refractivity contribution in [1.29, 1.82) is 0 Å². The fourth-order valence-corrected chi connectivity index (χ4v) is 2.29. The van der Waals surface area contributed by atoms with Crippen LogP contribution in [0.2, 0.25) is 0 Å². The summed E-state index contributed by atoms with van der Waals surface area (Å²) in [5, 5.41) is 17.2. The van der Waals surface area contributed by atoms with Gasteiger partial charge >= 0.3 is 5.69 Å². The number of aromatic nitrogens is 1. The van der Waals surface area contributed by atoms with Gasteiger partial charge in [-0.1, -0.05) is 6.92 Å². The average Bonchev–Trinajstić information content (AvgIpc) is 2.37. The van der Waals surface area contributed by atoms with Gasteiger partial charge in [0, 0.05) is 19.2 Å². The highest BCUT2D eigenvalue weighted by Gasteiger charge is 2.26. The maximum atomic E-state index is 10.6. The van der Waals surface area contributed by atoms with Crippen molar-refractivity contribution in [3.8, 4) is 0 Å². The van der Waals surface area contributed by atoms with Crippen molar-refractivity contribution in [2.45, 2.75) is 19.8 Å². The summed E-state index contributed by atoms with van der Waals surface area (Å²) in [6.07, 6.45) is 2.31. The van der Waals surface area contributed by atoms with Crippen LogP contribution in [0.15, 0.2) is 12.1 Å². The summed E-state index contributed by atoms with van der Waals surface area (Å²) in [5.74, 6) is 0.525. The molecule has 7 nitrogen and oxygen atoms in total. The molecule has 1 unspecified atom stereocenters. The van der Waals surface area contributed by atoms with Gasteiger partial charge in [-0.15, -0.1) is 0 Å². The Hall–Kier alpha value is -1.89. The largest absolute Gasteiger partial charge is 0.378 e. The third-order valence-electron chi connectivity index (χ3n) is 3.48. The number of hydrogen-bond donors (Lipinski definition) is 3. The predicted molar refractivity (Wildman–Crippen MR) is 74.0 cm³/mol. The maximum Gasteiger partial charge on any atom is 0.311 e. The molecule has 104 valence electrons. The summed E-state index contributed by atoms with van der Waals surface area (Å²) in [5.41, 5.74) is 5.58. The molecule has 0 aliphatic carbocycles. The second-order valence-corrected chi connectivity index (χ2v) is 5.30. The van der Waals surface area contributed by atoms with Crippen LogP contribution in [0.3, 0.4) is 0 Å². The van der Waals surface area contributed by atoms with E-state index in [-0.39, 0.29) is 16.9 Å². The van der Waals surface area contributed by atoms with Crippen molar-refractivity contribution in [3.63, 3.8) is 0 Å². The normalized spacial score (nSPS) is 23.0. The van der Waals surface area contributed by atoms with Crippen LogP contribution >= 0.6 is 0 Å². The van der Waals surface area contributed by atoms with E-state index in [2.05, 4.69) is 22.5 Å². The lowest BCUT2D eigenvalue weighted by molar-refractivity contribution is -0.384. The molecule has 0 spiro atoms. The zero-order valence-corrected chi connectivity index (χ0v) is 11.0. The average molecular weight is 265 g/mol. The quantitative estimate of drug-likeness (QED) is 0.561. The third kappa shape index (κ3) is 3.31. The molecule has 1 aliphatic rings. The van der Waals surface area contributed by atoms with Crippen LogP contribution in [0.25, 0.3) is 0 Å². The third-order valence-corrected chi connectivity index (χ3v) is 3.48. The second kappa shape index (κ2) is 5.40. The van der Waals surface area contributed by atoms with Gasteiger partial charge in [0.25, 0.3) is 0 Å². The minimum absolute atomic E-state index is 0.0538. The topological polar surface area (TPSA) is 106 Å². The number of nitrogen functional groups attached to an aromatic ring is 1. The van der Waals surface area contributed by atoms with Crippen molar-refractivity contribution < 1.29 is 4.92 Å². The van der Waals surface area contributed by atoms with Crippen LogP contribution in [0.4, 0.5) is 17.3 Å². The molecule has 1 saturated heterocycles. The first kappa shape index (κ1) is 13.5. The van der Waals surface area contributed by atoms with E-state index in [1.807, 2.05) is 0 Å². The lowest BCUT2D eigenvalue weighted by Gasteiger charge is -2.34. The minimum atomic E-state index is -0.529. The smallest absolute Gasteiger partial charge is 0.311 e. The molecule has 0 amide bonds. The van der Waals surface area contributed by atoms with Gasteiger partial charge in [-0.3, -0.25) is 10.1 Å². The Morgan fingerprint density at radius 2 is 2.42 bits per heavy atom. The minimum Gasteiger partial charge on any atom is -0.378 e. The van der Waals surface area contributed by atoms with Crippen LogP contribution in [-0.2, 0) is 0 Å². The number of rotatable bonds is 4. The van der Waals surface area contributed by atoms with E-state index < -0.39 is 4.92 Å². The second-order valence-electron chi connectivity index (χ2n) is 5.30. The Kier molecular flexibility index (Phi) is 3.84. The van der Waals surface area contributed by atoms with Crippen molar-refractivity contribution >= 4 is 17.3 Å². The number of hydrogen-bond acceptors (Lipinski definition) is 6. The highest BCUT2D eigenvalue weighted by Crippen LogP contribution is 2.26. The first-order valence-electron chi connectivity index (χ1n) is 6.36. The fraction of sp³-hybridized carbons (Fsp3) is 0.583. The standard InChI is InChI=1S/C12H19N5O2/c1-12(5-2-6-14-7-12)8-15-10-4-3-9(17(18)19)11(13)16-10/h3-4,14H,2,5-8H2,1H3,(H3,13,15,16). The van der Waals surface area contributed by atoms with Crippen LogP contribution < -0.4 is 16.4 Å². The Labute approximate surface area is 111 Å². The Bertz CT molecular complexity index is 471. The zero-order chi connectivity index (χ0) is 13.9. The molecule has 19 heavy (non-hydrogen) atoms. The van der Waals surface area contributed by atoms with E-state index in [0.717, 1.165) is 32.5 Å². The maximum absolute atomic E-state index is 10.6. The molecule has 1 aromatic rings. The van der Waals surface area contributed by atoms with Gasteiger partial charge in [0.1, 0.15) is 5.82 Å². The SMILES string of the molecule is CC1(CNc2ccc([N+](=O)[O-])c(N)n2)CCCNC1. The lowest BCUT2D eigenvalue weighted by Crippen LogP contribution is -2.42. The van der Waals surface area contributed by atoms with Crippen LogP contribution in [0.1, 0.15) is 19.8 Å². The molecule has 2 rings (SSSR count). The number of pyridine rings is 1. The number of nitrogens with two attached hydrogens (primary N) is 1. The van der Waals surface area contributed by atoms with Crippen molar-refractivity contribution in [2.75, 3.05) is 30.7 Å². The molecule has 0 bridgehead atoms. The summed E-state index contributed by atoms with van der Waals surface area (Å²) < 4.78 is 0. The Morgan fingerprint density at radius 3 is 3.00 bits per heavy atom. The summed E-state index contributed by atoms with van der Waals surface area (Å²) in [4.78, 5) is 14.1. The van der Waals surface area contributed by atoms with E-state index in [9.17, 15) is 10.1 Å². The molecule has 1 atom stereocenters. The Balaban J connectivity index is 2.00. The Morgan fingerprint density at radius 1 is 1.63 bits per heavy atom. The molecule has 1 aliphatic heterocycles. The highest BCUT2D eigenvalue weighted by atomic mass is 16.6. The van der Waals surface area contributed by atoms with Gasteiger partial charge < -0.3 is 16.4 Å².